The van der Waals surface area contributed by atoms with Crippen molar-refractivity contribution in [2.24, 2.45) is 0 Å². The summed E-state index contributed by atoms with van der Waals surface area (Å²) < 4.78 is 26.7. The Balaban J connectivity index is 2.30. The van der Waals surface area contributed by atoms with Gasteiger partial charge in [0.2, 0.25) is 5.91 Å². The van der Waals surface area contributed by atoms with Crippen LogP contribution in [-0.2, 0) is 10.2 Å². The zero-order valence-corrected chi connectivity index (χ0v) is 16.4. The quantitative estimate of drug-likeness (QED) is 0.700. The lowest BCUT2D eigenvalue weighted by molar-refractivity contribution is -0.117. The topological polar surface area (TPSA) is 29.1 Å². The molecule has 0 aliphatic carbocycles. The summed E-state index contributed by atoms with van der Waals surface area (Å²) in [5, 5.41) is 3.82. The molecule has 1 atom stereocenters. The Morgan fingerprint density at radius 1 is 1.16 bits per heavy atom. The number of hydrogen-bond donors (Lipinski definition) is 1. The number of halogens is 2. The van der Waals surface area contributed by atoms with Crippen molar-refractivity contribution in [2.75, 3.05) is 5.32 Å². The molecule has 1 amide bonds. The number of nitrogens with one attached hydrogen (secondary N) is 1. The van der Waals surface area contributed by atoms with Gasteiger partial charge in [-0.2, -0.15) is 0 Å². The van der Waals surface area contributed by atoms with Crippen molar-refractivity contribution in [3.8, 4) is 0 Å². The van der Waals surface area contributed by atoms with Gasteiger partial charge in [0.1, 0.15) is 0 Å². The lowest BCUT2D eigenvalue weighted by Gasteiger charge is -2.17. The standard InChI is InChI=1S/C20H25F2NOS/c1-7-14(13-8-9-15(21)16(22)10-13)18(24)23-19-12(3)11(2)17(25-19)20(4,5)6/h8-10,14H,7H2,1-6H3,(H,23,24). The van der Waals surface area contributed by atoms with Crippen molar-refractivity contribution in [3.05, 3.63) is 51.4 Å². The summed E-state index contributed by atoms with van der Waals surface area (Å²) in [6.07, 6.45) is 0.506. The van der Waals surface area contributed by atoms with Crippen LogP contribution < -0.4 is 5.32 Å². The third-order valence-corrected chi connectivity index (χ3v) is 6.17. The molecular formula is C20H25F2NOS. The third kappa shape index (κ3) is 4.09. The van der Waals surface area contributed by atoms with Gasteiger partial charge in [-0.05, 0) is 54.5 Å². The number of thiophene rings is 1. The van der Waals surface area contributed by atoms with Crippen molar-refractivity contribution >= 4 is 22.2 Å². The van der Waals surface area contributed by atoms with Crippen LogP contribution in [0.3, 0.4) is 0 Å². The Bertz CT molecular complexity index is 790. The molecule has 2 aromatic rings. The highest BCUT2D eigenvalue weighted by atomic mass is 32.1. The predicted octanol–water partition coefficient (Wildman–Crippen LogP) is 6.07. The van der Waals surface area contributed by atoms with E-state index in [2.05, 4.69) is 33.0 Å². The molecule has 1 unspecified atom stereocenters. The first kappa shape index (κ1) is 19.6. The second-order valence-corrected chi connectivity index (χ2v) is 8.40. The predicted molar refractivity (Wildman–Crippen MR) is 101 cm³/mol. The van der Waals surface area contributed by atoms with Crippen LogP contribution in [0.2, 0.25) is 0 Å². The summed E-state index contributed by atoms with van der Waals surface area (Å²) in [6.45, 7) is 12.4. The van der Waals surface area contributed by atoms with Gasteiger partial charge in [-0.15, -0.1) is 11.3 Å². The second-order valence-electron chi connectivity index (χ2n) is 7.38. The molecule has 0 saturated heterocycles. The highest BCUT2D eigenvalue weighted by Gasteiger charge is 2.25. The molecule has 0 saturated carbocycles. The first-order valence-corrected chi connectivity index (χ1v) is 9.24. The SMILES string of the molecule is CCC(C(=O)Nc1sc(C(C)(C)C)c(C)c1C)c1ccc(F)c(F)c1. The molecule has 0 bridgehead atoms. The molecule has 2 nitrogen and oxygen atoms in total. The van der Waals surface area contributed by atoms with E-state index in [1.54, 1.807) is 11.3 Å². The Labute approximate surface area is 152 Å². The molecular weight excluding hydrogens is 340 g/mol. The Morgan fingerprint density at radius 3 is 2.28 bits per heavy atom. The number of carbonyl (C=O) groups is 1. The summed E-state index contributed by atoms with van der Waals surface area (Å²) >= 11 is 1.58. The lowest BCUT2D eigenvalue weighted by atomic mass is 9.91. The first-order chi connectivity index (χ1) is 11.6. The first-order valence-electron chi connectivity index (χ1n) is 8.42. The summed E-state index contributed by atoms with van der Waals surface area (Å²) in [6, 6.07) is 3.65. The molecule has 0 spiro atoms. The fourth-order valence-electron chi connectivity index (χ4n) is 2.93. The maximum Gasteiger partial charge on any atom is 0.232 e. The molecule has 2 rings (SSSR count). The van der Waals surface area contributed by atoms with Crippen LogP contribution in [0.5, 0.6) is 0 Å². The monoisotopic (exact) mass is 365 g/mol. The van der Waals surface area contributed by atoms with Gasteiger partial charge in [0.05, 0.1) is 10.9 Å². The van der Waals surface area contributed by atoms with E-state index in [0.29, 0.717) is 12.0 Å². The molecule has 1 aromatic heterocycles. The smallest absolute Gasteiger partial charge is 0.232 e. The lowest BCUT2D eigenvalue weighted by Crippen LogP contribution is -2.20. The largest absolute Gasteiger partial charge is 0.317 e. The average Bonchev–Trinajstić information content (AvgIpc) is 2.80. The molecule has 0 radical (unpaired) electrons. The zero-order chi connectivity index (χ0) is 18.9. The molecule has 1 N–H and O–H groups in total. The second kappa shape index (κ2) is 7.24. The highest BCUT2D eigenvalue weighted by Crippen LogP contribution is 2.40. The van der Waals surface area contributed by atoms with Crippen molar-refractivity contribution in [3.63, 3.8) is 0 Å². The van der Waals surface area contributed by atoms with Gasteiger partial charge < -0.3 is 5.32 Å². The molecule has 25 heavy (non-hydrogen) atoms. The van der Waals surface area contributed by atoms with E-state index in [9.17, 15) is 13.6 Å². The van der Waals surface area contributed by atoms with Crippen LogP contribution in [0.15, 0.2) is 18.2 Å². The van der Waals surface area contributed by atoms with Crippen molar-refractivity contribution < 1.29 is 13.6 Å². The maximum atomic E-state index is 13.5. The van der Waals surface area contributed by atoms with Crippen molar-refractivity contribution in [2.45, 2.75) is 59.3 Å². The van der Waals surface area contributed by atoms with Gasteiger partial charge in [0.25, 0.3) is 0 Å². The molecule has 5 heteroatoms. The van der Waals surface area contributed by atoms with Crippen molar-refractivity contribution in [1.82, 2.24) is 0 Å². The fraction of sp³-hybridized carbons (Fsp3) is 0.450. The Kier molecular flexibility index (Phi) is 5.67. The van der Waals surface area contributed by atoms with Crippen molar-refractivity contribution in [1.29, 1.82) is 0 Å². The van der Waals surface area contributed by atoms with Gasteiger partial charge in [-0.3, -0.25) is 4.79 Å². The van der Waals surface area contributed by atoms with Gasteiger partial charge in [0.15, 0.2) is 11.6 Å². The Morgan fingerprint density at radius 2 is 1.80 bits per heavy atom. The fourth-order valence-corrected chi connectivity index (χ4v) is 4.21. The van der Waals surface area contributed by atoms with Gasteiger partial charge in [-0.25, -0.2) is 8.78 Å². The number of benzene rings is 1. The van der Waals surface area contributed by atoms with E-state index < -0.39 is 17.6 Å². The molecule has 0 fully saturated rings. The summed E-state index contributed by atoms with van der Waals surface area (Å²) in [5.41, 5.74) is 2.74. The van der Waals surface area contributed by atoms with Gasteiger partial charge >= 0.3 is 0 Å². The minimum Gasteiger partial charge on any atom is -0.317 e. The summed E-state index contributed by atoms with van der Waals surface area (Å²) in [5.74, 6) is -2.55. The number of carbonyl (C=O) groups excluding carboxylic acids is 1. The maximum absolute atomic E-state index is 13.5. The van der Waals surface area contributed by atoms with Gasteiger partial charge in [0, 0.05) is 4.88 Å². The zero-order valence-electron chi connectivity index (χ0n) is 15.6. The van der Waals surface area contributed by atoms with E-state index in [4.69, 9.17) is 0 Å². The van der Waals surface area contributed by atoms with Crippen LogP contribution in [0, 0.1) is 25.5 Å². The van der Waals surface area contributed by atoms with E-state index in [0.717, 1.165) is 22.7 Å². The minimum atomic E-state index is -0.929. The van der Waals surface area contributed by atoms with Gasteiger partial charge in [-0.1, -0.05) is 33.8 Å². The molecule has 0 aliphatic heterocycles. The van der Waals surface area contributed by atoms with Crippen LogP contribution in [0.1, 0.15) is 61.6 Å². The van der Waals surface area contributed by atoms with Crippen LogP contribution >= 0.6 is 11.3 Å². The number of anilines is 1. The molecule has 1 aromatic carbocycles. The molecule has 1 heterocycles. The highest BCUT2D eigenvalue weighted by molar-refractivity contribution is 7.16. The number of hydrogen-bond acceptors (Lipinski definition) is 2. The number of rotatable bonds is 4. The van der Waals surface area contributed by atoms with E-state index in [-0.39, 0.29) is 11.3 Å². The van der Waals surface area contributed by atoms with Crippen LogP contribution in [-0.4, -0.2) is 5.91 Å². The van der Waals surface area contributed by atoms with E-state index in [1.807, 2.05) is 13.8 Å². The minimum absolute atomic E-state index is 0.00668. The summed E-state index contributed by atoms with van der Waals surface area (Å²) in [4.78, 5) is 14.0. The van der Waals surface area contributed by atoms with E-state index >= 15 is 0 Å². The number of amides is 1. The molecule has 136 valence electrons. The summed E-state index contributed by atoms with van der Waals surface area (Å²) in [7, 11) is 0. The van der Waals surface area contributed by atoms with Crippen LogP contribution in [0.25, 0.3) is 0 Å². The van der Waals surface area contributed by atoms with Crippen LogP contribution in [0.4, 0.5) is 13.8 Å². The normalized spacial score (nSPS) is 13.0. The molecule has 0 aliphatic rings. The third-order valence-electron chi connectivity index (χ3n) is 4.44. The average molecular weight is 365 g/mol. The van der Waals surface area contributed by atoms with E-state index in [1.165, 1.54) is 16.5 Å². The Hall–Kier alpha value is -1.75.